The molecule has 30 heavy (non-hydrogen) atoms. The van der Waals surface area contributed by atoms with Crippen LogP contribution in [0, 0.1) is 28.6 Å². The Hall–Kier alpha value is -2.63. The number of urea groups is 1. The normalized spacial score (nSPS) is 27.4. The van der Waals surface area contributed by atoms with Crippen LogP contribution in [0.1, 0.15) is 60.8 Å². The number of esters is 1. The summed E-state index contributed by atoms with van der Waals surface area (Å²) in [5.41, 5.74) is -2.20. The first-order valence-corrected chi connectivity index (χ1v) is 10.3. The average molecular weight is 421 g/mol. The molecule has 1 saturated heterocycles. The standard InChI is InChI=1S/C21H32N4O5/c1-13(2)20(6,12-22)23-15(26)10-30-16(27)9-25-17(28)21(24-18(25)29)8-14(3)7-19(4,5)11-21/h13-14H,7-11H2,1-6H3,(H,23,26)(H,24,29). The van der Waals surface area contributed by atoms with Gasteiger partial charge < -0.3 is 15.4 Å². The number of amides is 4. The minimum Gasteiger partial charge on any atom is -0.454 e. The third kappa shape index (κ3) is 4.91. The van der Waals surface area contributed by atoms with Crippen molar-refractivity contribution in [2.45, 2.75) is 71.9 Å². The first kappa shape index (κ1) is 23.6. The second-order valence-corrected chi connectivity index (χ2v) is 9.94. The summed E-state index contributed by atoms with van der Waals surface area (Å²) in [6.45, 7) is 10.2. The molecule has 1 heterocycles. The molecule has 0 aromatic heterocycles. The summed E-state index contributed by atoms with van der Waals surface area (Å²) in [6, 6.07) is 1.41. The van der Waals surface area contributed by atoms with E-state index >= 15 is 0 Å². The molecule has 3 unspecified atom stereocenters. The lowest BCUT2D eigenvalue weighted by Crippen LogP contribution is -2.54. The molecule has 1 spiro atoms. The monoisotopic (exact) mass is 420 g/mol. The van der Waals surface area contributed by atoms with E-state index in [2.05, 4.69) is 24.5 Å². The Morgan fingerprint density at radius 1 is 1.37 bits per heavy atom. The second kappa shape index (κ2) is 8.25. The molecule has 9 heteroatoms. The van der Waals surface area contributed by atoms with Crippen LogP contribution in [-0.2, 0) is 19.1 Å². The van der Waals surface area contributed by atoms with Crippen LogP contribution < -0.4 is 10.6 Å². The lowest BCUT2D eigenvalue weighted by molar-refractivity contribution is -0.151. The minimum atomic E-state index is -1.09. The lowest BCUT2D eigenvalue weighted by atomic mass is 9.64. The molecule has 0 aromatic rings. The van der Waals surface area contributed by atoms with Gasteiger partial charge in [-0.3, -0.25) is 19.3 Å². The number of hydrogen-bond donors (Lipinski definition) is 2. The molecule has 3 atom stereocenters. The molecule has 4 amide bonds. The fraction of sp³-hybridized carbons (Fsp3) is 0.762. The summed E-state index contributed by atoms with van der Waals surface area (Å²) >= 11 is 0. The van der Waals surface area contributed by atoms with Gasteiger partial charge in [-0.2, -0.15) is 5.26 Å². The van der Waals surface area contributed by atoms with Gasteiger partial charge in [-0.25, -0.2) is 4.79 Å². The fourth-order valence-electron chi connectivity index (χ4n) is 4.60. The van der Waals surface area contributed by atoms with Gasteiger partial charge in [0.25, 0.3) is 11.8 Å². The van der Waals surface area contributed by atoms with Crippen LogP contribution in [-0.4, -0.2) is 52.9 Å². The van der Waals surface area contributed by atoms with Crippen LogP contribution in [0.3, 0.4) is 0 Å². The van der Waals surface area contributed by atoms with Crippen molar-refractivity contribution in [1.82, 2.24) is 15.5 Å². The number of carbonyl (C=O) groups excluding carboxylic acids is 4. The van der Waals surface area contributed by atoms with E-state index in [4.69, 9.17) is 4.74 Å². The fourth-order valence-corrected chi connectivity index (χ4v) is 4.60. The summed E-state index contributed by atoms with van der Waals surface area (Å²) in [5.74, 6) is -1.81. The zero-order valence-corrected chi connectivity index (χ0v) is 18.6. The molecule has 0 bridgehead atoms. The molecule has 2 fully saturated rings. The van der Waals surface area contributed by atoms with Gasteiger partial charge in [0, 0.05) is 0 Å². The third-order valence-electron chi connectivity index (χ3n) is 6.06. The predicted octanol–water partition coefficient (Wildman–Crippen LogP) is 1.72. The molecule has 2 aliphatic rings. The summed E-state index contributed by atoms with van der Waals surface area (Å²) in [4.78, 5) is 50.5. The van der Waals surface area contributed by atoms with E-state index in [1.807, 2.05) is 13.0 Å². The van der Waals surface area contributed by atoms with Crippen molar-refractivity contribution < 1.29 is 23.9 Å². The van der Waals surface area contributed by atoms with Crippen LogP contribution in [0.15, 0.2) is 0 Å². The summed E-state index contributed by atoms with van der Waals surface area (Å²) < 4.78 is 4.94. The van der Waals surface area contributed by atoms with Gasteiger partial charge in [0.05, 0.1) is 6.07 Å². The van der Waals surface area contributed by atoms with Gasteiger partial charge in [0.1, 0.15) is 17.6 Å². The SMILES string of the molecule is CC1CC(C)(C)CC2(C1)NC(=O)N(CC(=O)OCC(=O)NC(C)(C#N)C(C)C)C2=O. The van der Waals surface area contributed by atoms with Crippen molar-refractivity contribution in [1.29, 1.82) is 5.26 Å². The molecule has 2 rings (SSSR count). The minimum absolute atomic E-state index is 0.112. The van der Waals surface area contributed by atoms with Gasteiger partial charge in [0.15, 0.2) is 6.61 Å². The quantitative estimate of drug-likeness (QED) is 0.497. The average Bonchev–Trinajstić information content (AvgIpc) is 2.81. The van der Waals surface area contributed by atoms with Crippen LogP contribution in [0.4, 0.5) is 4.79 Å². The van der Waals surface area contributed by atoms with Crippen LogP contribution in [0.2, 0.25) is 0 Å². The van der Waals surface area contributed by atoms with Crippen LogP contribution >= 0.6 is 0 Å². The Morgan fingerprint density at radius 3 is 2.53 bits per heavy atom. The van der Waals surface area contributed by atoms with Crippen molar-refractivity contribution in [2.24, 2.45) is 17.3 Å². The highest BCUT2D eigenvalue weighted by molar-refractivity contribution is 6.08. The van der Waals surface area contributed by atoms with E-state index in [1.54, 1.807) is 20.8 Å². The van der Waals surface area contributed by atoms with Gasteiger partial charge in [-0.1, -0.05) is 34.6 Å². The molecular formula is C21H32N4O5. The molecule has 2 N–H and O–H groups in total. The first-order chi connectivity index (χ1) is 13.7. The molecule has 1 aliphatic heterocycles. The first-order valence-electron chi connectivity index (χ1n) is 10.3. The molecule has 9 nitrogen and oxygen atoms in total. The van der Waals surface area contributed by atoms with E-state index in [-0.39, 0.29) is 17.3 Å². The number of ether oxygens (including phenoxy) is 1. The summed E-state index contributed by atoms with van der Waals surface area (Å²) in [6.07, 6.45) is 1.98. The van der Waals surface area contributed by atoms with Crippen molar-refractivity contribution in [3.63, 3.8) is 0 Å². The molecule has 0 aromatic carbocycles. The van der Waals surface area contributed by atoms with Crippen molar-refractivity contribution in [3.05, 3.63) is 0 Å². The summed E-state index contributed by atoms with van der Waals surface area (Å²) in [7, 11) is 0. The number of nitrogens with zero attached hydrogens (tertiary/aromatic N) is 2. The van der Waals surface area contributed by atoms with Gasteiger partial charge in [-0.05, 0) is 43.4 Å². The van der Waals surface area contributed by atoms with Crippen LogP contribution in [0.5, 0.6) is 0 Å². The zero-order chi connectivity index (χ0) is 22.9. The second-order valence-electron chi connectivity index (χ2n) is 9.94. The maximum Gasteiger partial charge on any atom is 0.326 e. The topological polar surface area (TPSA) is 129 Å². The zero-order valence-electron chi connectivity index (χ0n) is 18.6. The Kier molecular flexibility index (Phi) is 6.50. The highest BCUT2D eigenvalue weighted by atomic mass is 16.5. The number of carbonyl (C=O) groups is 4. The molecule has 166 valence electrons. The smallest absolute Gasteiger partial charge is 0.326 e. The van der Waals surface area contributed by atoms with Gasteiger partial charge in [0.2, 0.25) is 0 Å². The Morgan fingerprint density at radius 2 is 2.00 bits per heavy atom. The molecule has 1 aliphatic carbocycles. The number of rotatable bonds is 6. The van der Waals surface area contributed by atoms with Gasteiger partial charge in [-0.15, -0.1) is 0 Å². The van der Waals surface area contributed by atoms with Crippen molar-refractivity contribution >= 4 is 23.8 Å². The highest BCUT2D eigenvalue weighted by Crippen LogP contribution is 2.46. The van der Waals surface area contributed by atoms with Crippen LogP contribution in [0.25, 0.3) is 0 Å². The summed E-state index contributed by atoms with van der Waals surface area (Å²) in [5, 5.41) is 14.6. The molecule has 1 saturated carbocycles. The third-order valence-corrected chi connectivity index (χ3v) is 6.06. The van der Waals surface area contributed by atoms with Crippen molar-refractivity contribution in [2.75, 3.05) is 13.2 Å². The van der Waals surface area contributed by atoms with E-state index in [0.717, 1.165) is 11.3 Å². The Bertz CT molecular complexity index is 787. The van der Waals surface area contributed by atoms with Crippen molar-refractivity contribution in [3.8, 4) is 6.07 Å². The number of nitrogens with one attached hydrogen (secondary N) is 2. The van der Waals surface area contributed by atoms with E-state index in [0.29, 0.717) is 12.8 Å². The van der Waals surface area contributed by atoms with Gasteiger partial charge >= 0.3 is 12.0 Å². The molecule has 0 radical (unpaired) electrons. The lowest BCUT2D eigenvalue weighted by Gasteiger charge is -2.43. The largest absolute Gasteiger partial charge is 0.454 e. The Labute approximate surface area is 177 Å². The van der Waals surface area contributed by atoms with E-state index in [1.165, 1.54) is 0 Å². The van der Waals surface area contributed by atoms with E-state index in [9.17, 15) is 24.4 Å². The number of nitriles is 1. The highest BCUT2D eigenvalue weighted by Gasteiger charge is 2.56. The maximum absolute atomic E-state index is 13.0. The predicted molar refractivity (Wildman–Crippen MR) is 108 cm³/mol. The van der Waals surface area contributed by atoms with E-state index < -0.39 is 48.0 Å². The number of imide groups is 1. The number of hydrogen-bond acceptors (Lipinski definition) is 6. The Balaban J connectivity index is 1.96. The maximum atomic E-state index is 13.0. The molecular weight excluding hydrogens is 388 g/mol.